The van der Waals surface area contributed by atoms with E-state index in [4.69, 9.17) is 5.11 Å². The van der Waals surface area contributed by atoms with Crippen LogP contribution in [0, 0.1) is 0 Å². The molecule has 0 saturated heterocycles. The molecule has 0 fully saturated rings. The highest BCUT2D eigenvalue weighted by Crippen LogP contribution is 2.15. The Balaban J connectivity index is 2.24. The lowest BCUT2D eigenvalue weighted by Crippen LogP contribution is -2.13. The molecule has 0 saturated carbocycles. The number of aliphatic carboxylic acids is 1. The number of carbonyl (C=O) groups is 1. The molecular formula is C14H12N2O4S. The summed E-state index contributed by atoms with van der Waals surface area (Å²) in [4.78, 5) is 14.5. The van der Waals surface area contributed by atoms with Gasteiger partial charge in [0.25, 0.3) is 10.0 Å². The van der Waals surface area contributed by atoms with Crippen molar-refractivity contribution < 1.29 is 18.3 Å². The van der Waals surface area contributed by atoms with Gasteiger partial charge in [0.2, 0.25) is 0 Å². The van der Waals surface area contributed by atoms with Crippen LogP contribution in [-0.2, 0) is 14.8 Å². The summed E-state index contributed by atoms with van der Waals surface area (Å²) in [5.74, 6) is -0.968. The van der Waals surface area contributed by atoms with Crippen LogP contribution in [-0.4, -0.2) is 24.5 Å². The molecule has 21 heavy (non-hydrogen) atoms. The molecule has 1 heterocycles. The van der Waals surface area contributed by atoms with E-state index in [1.807, 2.05) is 0 Å². The van der Waals surface area contributed by atoms with Gasteiger partial charge < -0.3 is 5.11 Å². The number of anilines is 1. The lowest BCUT2D eigenvalue weighted by molar-refractivity contribution is -0.131. The predicted octanol–water partition coefficient (Wildman–Crippen LogP) is 1.98. The van der Waals surface area contributed by atoms with Crippen molar-refractivity contribution in [3.8, 4) is 0 Å². The maximum absolute atomic E-state index is 12.1. The third-order valence-corrected chi connectivity index (χ3v) is 3.87. The number of nitrogens with zero attached hydrogens (tertiary/aromatic N) is 1. The second-order valence-electron chi connectivity index (χ2n) is 4.06. The van der Waals surface area contributed by atoms with E-state index < -0.39 is 16.0 Å². The summed E-state index contributed by atoms with van der Waals surface area (Å²) in [6, 6.07) is 10.9. The molecule has 0 bridgehead atoms. The molecule has 0 spiro atoms. The number of sulfonamides is 1. The zero-order valence-electron chi connectivity index (χ0n) is 10.8. The van der Waals surface area contributed by atoms with Crippen molar-refractivity contribution in [3.05, 3.63) is 60.3 Å². The SMILES string of the molecule is O=C(O)/C=C/c1ccnc(NS(=O)(=O)c2ccccc2)c1. The van der Waals surface area contributed by atoms with Gasteiger partial charge in [-0.2, -0.15) is 0 Å². The van der Waals surface area contributed by atoms with Crippen LogP contribution in [0.2, 0.25) is 0 Å². The van der Waals surface area contributed by atoms with Crippen molar-refractivity contribution in [1.82, 2.24) is 4.98 Å². The van der Waals surface area contributed by atoms with E-state index in [0.29, 0.717) is 5.56 Å². The Labute approximate surface area is 121 Å². The average molecular weight is 304 g/mol. The predicted molar refractivity (Wildman–Crippen MR) is 78.2 cm³/mol. The van der Waals surface area contributed by atoms with Crippen molar-refractivity contribution >= 4 is 27.9 Å². The van der Waals surface area contributed by atoms with Crippen LogP contribution in [0.4, 0.5) is 5.82 Å². The van der Waals surface area contributed by atoms with Crippen molar-refractivity contribution in [1.29, 1.82) is 0 Å². The summed E-state index contributed by atoms with van der Waals surface area (Å²) in [5, 5.41) is 8.57. The van der Waals surface area contributed by atoms with Crippen molar-refractivity contribution in [2.45, 2.75) is 4.90 Å². The van der Waals surface area contributed by atoms with Crippen LogP contribution in [0.15, 0.2) is 59.6 Å². The third-order valence-electron chi connectivity index (χ3n) is 2.49. The molecule has 0 unspecified atom stereocenters. The Morgan fingerprint density at radius 2 is 1.90 bits per heavy atom. The number of benzene rings is 1. The highest BCUT2D eigenvalue weighted by molar-refractivity contribution is 7.92. The smallest absolute Gasteiger partial charge is 0.328 e. The van der Waals surface area contributed by atoms with Crippen LogP contribution >= 0.6 is 0 Å². The van der Waals surface area contributed by atoms with Gasteiger partial charge >= 0.3 is 5.97 Å². The van der Waals surface area contributed by atoms with Gasteiger partial charge in [-0.1, -0.05) is 18.2 Å². The van der Waals surface area contributed by atoms with Crippen LogP contribution in [0.5, 0.6) is 0 Å². The summed E-state index contributed by atoms with van der Waals surface area (Å²) < 4.78 is 26.6. The molecule has 1 aromatic carbocycles. The fraction of sp³-hybridized carbons (Fsp3) is 0. The van der Waals surface area contributed by atoms with Crippen LogP contribution in [0.3, 0.4) is 0 Å². The fourth-order valence-electron chi connectivity index (χ4n) is 1.57. The number of carboxylic acid groups (broad SMARTS) is 1. The van der Waals surface area contributed by atoms with E-state index >= 15 is 0 Å². The molecule has 6 nitrogen and oxygen atoms in total. The Hall–Kier alpha value is -2.67. The van der Waals surface area contributed by atoms with Crippen molar-refractivity contribution in [3.63, 3.8) is 0 Å². The molecule has 2 rings (SSSR count). The van der Waals surface area contributed by atoms with Crippen LogP contribution in [0.25, 0.3) is 6.08 Å². The maximum Gasteiger partial charge on any atom is 0.328 e. The van der Waals surface area contributed by atoms with Gasteiger partial charge in [0.15, 0.2) is 0 Å². The van der Waals surface area contributed by atoms with Gasteiger partial charge in [0, 0.05) is 12.3 Å². The van der Waals surface area contributed by atoms with Gasteiger partial charge in [-0.25, -0.2) is 18.2 Å². The number of nitrogens with one attached hydrogen (secondary N) is 1. The van der Waals surface area contributed by atoms with Gasteiger partial charge in [0.1, 0.15) is 5.82 Å². The Bertz CT molecular complexity index is 771. The Kier molecular flexibility index (Phi) is 4.34. The third kappa shape index (κ3) is 4.15. The molecule has 0 atom stereocenters. The second kappa shape index (κ2) is 6.19. The quantitative estimate of drug-likeness (QED) is 0.823. The highest BCUT2D eigenvalue weighted by Gasteiger charge is 2.13. The van der Waals surface area contributed by atoms with E-state index in [2.05, 4.69) is 9.71 Å². The molecule has 0 aliphatic rings. The van der Waals surface area contributed by atoms with Gasteiger partial charge in [-0.3, -0.25) is 4.72 Å². The molecule has 0 aliphatic heterocycles. The van der Waals surface area contributed by atoms with E-state index in [-0.39, 0.29) is 10.7 Å². The number of carboxylic acids is 1. The summed E-state index contributed by atoms with van der Waals surface area (Å²) in [6.07, 6.45) is 3.71. The zero-order valence-corrected chi connectivity index (χ0v) is 11.6. The number of pyridine rings is 1. The first-order valence-corrected chi connectivity index (χ1v) is 7.41. The molecule has 0 amide bonds. The monoisotopic (exact) mass is 304 g/mol. The minimum atomic E-state index is -3.71. The zero-order chi connectivity index (χ0) is 15.3. The summed E-state index contributed by atoms with van der Waals surface area (Å²) in [6.45, 7) is 0. The van der Waals surface area contributed by atoms with E-state index in [9.17, 15) is 13.2 Å². The van der Waals surface area contributed by atoms with Crippen molar-refractivity contribution in [2.24, 2.45) is 0 Å². The van der Waals surface area contributed by atoms with Crippen LogP contribution in [0.1, 0.15) is 5.56 Å². The average Bonchev–Trinajstić information content (AvgIpc) is 2.46. The van der Waals surface area contributed by atoms with Crippen molar-refractivity contribution in [2.75, 3.05) is 4.72 Å². The first kappa shape index (κ1) is 14.7. The molecule has 0 aliphatic carbocycles. The van der Waals surface area contributed by atoms with Gasteiger partial charge in [-0.05, 0) is 35.9 Å². The molecule has 2 aromatic rings. The fourth-order valence-corrected chi connectivity index (χ4v) is 2.59. The lowest BCUT2D eigenvalue weighted by Gasteiger charge is -2.07. The first-order valence-electron chi connectivity index (χ1n) is 5.92. The molecular weight excluding hydrogens is 292 g/mol. The molecule has 0 radical (unpaired) electrons. The number of hydrogen-bond donors (Lipinski definition) is 2. The standard InChI is InChI=1S/C14H12N2O4S/c17-14(18)7-6-11-8-9-15-13(10-11)16-21(19,20)12-4-2-1-3-5-12/h1-10H,(H,15,16)(H,17,18)/b7-6+. The Morgan fingerprint density at radius 1 is 1.19 bits per heavy atom. The molecule has 108 valence electrons. The van der Waals surface area contributed by atoms with E-state index in [1.54, 1.807) is 24.3 Å². The highest BCUT2D eigenvalue weighted by atomic mass is 32.2. The molecule has 2 N–H and O–H groups in total. The van der Waals surface area contributed by atoms with Crippen LogP contribution < -0.4 is 4.72 Å². The number of hydrogen-bond acceptors (Lipinski definition) is 4. The number of aromatic nitrogens is 1. The second-order valence-corrected chi connectivity index (χ2v) is 5.75. The maximum atomic E-state index is 12.1. The Morgan fingerprint density at radius 3 is 2.57 bits per heavy atom. The summed E-state index contributed by atoms with van der Waals surface area (Å²) in [5.41, 5.74) is 0.526. The number of rotatable bonds is 5. The summed E-state index contributed by atoms with van der Waals surface area (Å²) in [7, 11) is -3.71. The van der Waals surface area contributed by atoms with E-state index in [0.717, 1.165) is 6.08 Å². The van der Waals surface area contributed by atoms with Gasteiger partial charge in [0.05, 0.1) is 4.90 Å². The van der Waals surface area contributed by atoms with E-state index in [1.165, 1.54) is 30.5 Å². The lowest BCUT2D eigenvalue weighted by atomic mass is 10.2. The minimum Gasteiger partial charge on any atom is -0.478 e. The first-order chi connectivity index (χ1) is 9.97. The molecule has 1 aromatic heterocycles. The van der Waals surface area contributed by atoms with Gasteiger partial charge in [-0.15, -0.1) is 0 Å². The molecule has 7 heteroatoms. The normalized spacial score (nSPS) is 11.4. The summed E-state index contributed by atoms with van der Waals surface area (Å²) >= 11 is 0. The minimum absolute atomic E-state index is 0.117. The topological polar surface area (TPSA) is 96.4 Å². The largest absolute Gasteiger partial charge is 0.478 e.